The third-order valence-electron chi connectivity index (χ3n) is 3.69. The van der Waals surface area contributed by atoms with Crippen LogP contribution in [0.4, 0.5) is 0 Å². The zero-order valence-electron chi connectivity index (χ0n) is 11.9. The molecule has 0 bridgehead atoms. The van der Waals surface area contributed by atoms with Gasteiger partial charge in [0.1, 0.15) is 10.9 Å². The zero-order valence-corrected chi connectivity index (χ0v) is 14.4. The summed E-state index contributed by atoms with van der Waals surface area (Å²) in [6.07, 6.45) is 2.86. The van der Waals surface area contributed by atoms with Crippen LogP contribution in [0.2, 0.25) is 0 Å². The molecule has 2 aliphatic heterocycles. The molecule has 1 atom stereocenters. The fourth-order valence-corrected chi connectivity index (χ4v) is 6.49. The van der Waals surface area contributed by atoms with Crippen LogP contribution in [-0.4, -0.2) is 70.8 Å². The lowest BCUT2D eigenvalue weighted by Crippen LogP contribution is -2.51. The quantitative estimate of drug-likeness (QED) is 0.792. The Morgan fingerprint density at radius 1 is 1.27 bits per heavy atom. The van der Waals surface area contributed by atoms with Gasteiger partial charge < -0.3 is 4.90 Å². The SMILES string of the molecule is O=C(C1CSCN1S(=O)(=O)c1cccnc1)N1CCSCC1. The number of pyridine rings is 1. The summed E-state index contributed by atoms with van der Waals surface area (Å²) in [6.45, 7) is 1.40. The molecule has 9 heteroatoms. The third-order valence-corrected chi connectivity index (χ3v) is 7.65. The fourth-order valence-electron chi connectivity index (χ4n) is 2.49. The fraction of sp³-hybridized carbons (Fsp3) is 0.538. The summed E-state index contributed by atoms with van der Waals surface area (Å²) < 4.78 is 26.8. The van der Waals surface area contributed by atoms with Crippen molar-refractivity contribution in [1.29, 1.82) is 0 Å². The minimum atomic E-state index is -3.67. The molecule has 3 heterocycles. The Balaban J connectivity index is 1.82. The molecule has 1 aromatic rings. The van der Waals surface area contributed by atoms with Crippen molar-refractivity contribution in [1.82, 2.24) is 14.2 Å². The highest BCUT2D eigenvalue weighted by Crippen LogP contribution is 2.29. The predicted molar refractivity (Wildman–Crippen MR) is 88.3 cm³/mol. The summed E-state index contributed by atoms with van der Waals surface area (Å²) in [5, 5.41) is 0. The Morgan fingerprint density at radius 2 is 2.05 bits per heavy atom. The van der Waals surface area contributed by atoms with E-state index in [4.69, 9.17) is 0 Å². The molecule has 2 aliphatic rings. The number of nitrogens with zero attached hydrogens (tertiary/aromatic N) is 3. The second kappa shape index (κ2) is 6.77. The van der Waals surface area contributed by atoms with Crippen LogP contribution in [0.1, 0.15) is 0 Å². The number of carbonyl (C=O) groups excluding carboxylic acids is 1. The molecular weight excluding hydrogens is 342 g/mol. The molecule has 2 fully saturated rings. The summed E-state index contributed by atoms with van der Waals surface area (Å²) in [5.41, 5.74) is 0. The van der Waals surface area contributed by atoms with Crippen LogP contribution in [0, 0.1) is 0 Å². The predicted octanol–water partition coefficient (Wildman–Crippen LogP) is 0.721. The minimum absolute atomic E-state index is 0.0715. The van der Waals surface area contributed by atoms with E-state index >= 15 is 0 Å². The monoisotopic (exact) mass is 359 g/mol. The van der Waals surface area contributed by atoms with Crippen molar-refractivity contribution in [2.24, 2.45) is 0 Å². The molecule has 2 saturated heterocycles. The molecule has 0 spiro atoms. The Labute approximate surface area is 138 Å². The van der Waals surface area contributed by atoms with Crippen molar-refractivity contribution in [3.63, 3.8) is 0 Å². The van der Waals surface area contributed by atoms with Crippen LogP contribution >= 0.6 is 23.5 Å². The average Bonchev–Trinajstić information content (AvgIpc) is 3.06. The second-order valence-electron chi connectivity index (χ2n) is 5.03. The third kappa shape index (κ3) is 3.12. The van der Waals surface area contributed by atoms with Gasteiger partial charge in [-0.25, -0.2) is 8.42 Å². The van der Waals surface area contributed by atoms with Crippen molar-refractivity contribution in [2.45, 2.75) is 10.9 Å². The number of hydrogen-bond donors (Lipinski definition) is 0. The van der Waals surface area contributed by atoms with Crippen molar-refractivity contribution < 1.29 is 13.2 Å². The summed E-state index contributed by atoms with van der Waals surface area (Å²) in [4.78, 5) is 18.5. The van der Waals surface area contributed by atoms with Crippen molar-refractivity contribution >= 4 is 39.5 Å². The van der Waals surface area contributed by atoms with E-state index in [9.17, 15) is 13.2 Å². The van der Waals surface area contributed by atoms with Gasteiger partial charge in [-0.05, 0) is 12.1 Å². The van der Waals surface area contributed by atoms with Crippen LogP contribution in [0.15, 0.2) is 29.4 Å². The molecule has 6 nitrogen and oxygen atoms in total. The van der Waals surface area contributed by atoms with Gasteiger partial charge >= 0.3 is 0 Å². The molecule has 120 valence electrons. The number of rotatable bonds is 3. The van der Waals surface area contributed by atoms with E-state index < -0.39 is 16.1 Å². The van der Waals surface area contributed by atoms with E-state index in [0.717, 1.165) is 11.5 Å². The van der Waals surface area contributed by atoms with Crippen LogP contribution in [0.5, 0.6) is 0 Å². The average molecular weight is 359 g/mol. The summed E-state index contributed by atoms with van der Waals surface area (Å²) >= 11 is 3.30. The number of amides is 1. The van der Waals surface area contributed by atoms with Gasteiger partial charge in [-0.3, -0.25) is 9.78 Å². The molecule has 1 amide bonds. The molecule has 22 heavy (non-hydrogen) atoms. The first-order valence-electron chi connectivity index (χ1n) is 6.97. The largest absolute Gasteiger partial charge is 0.340 e. The number of thioether (sulfide) groups is 2. The van der Waals surface area contributed by atoms with E-state index in [1.54, 1.807) is 11.0 Å². The maximum atomic E-state index is 12.7. The van der Waals surface area contributed by atoms with Crippen molar-refractivity contribution in [2.75, 3.05) is 36.2 Å². The maximum Gasteiger partial charge on any atom is 0.246 e. The van der Waals surface area contributed by atoms with Gasteiger partial charge in [-0.15, -0.1) is 11.8 Å². The van der Waals surface area contributed by atoms with Gasteiger partial charge in [0.2, 0.25) is 15.9 Å². The highest BCUT2D eigenvalue weighted by atomic mass is 32.2. The molecule has 0 aliphatic carbocycles. The lowest BCUT2D eigenvalue weighted by molar-refractivity contribution is -0.133. The summed E-state index contributed by atoms with van der Waals surface area (Å²) in [7, 11) is -3.67. The Kier molecular flexibility index (Phi) is 4.96. The van der Waals surface area contributed by atoms with Gasteiger partial charge in [-0.2, -0.15) is 16.1 Å². The first kappa shape index (κ1) is 16.1. The van der Waals surface area contributed by atoms with Gasteiger partial charge in [-0.1, -0.05) is 0 Å². The summed E-state index contributed by atoms with van der Waals surface area (Å²) in [5.74, 6) is 2.60. The molecule has 0 saturated carbocycles. The first-order chi connectivity index (χ1) is 10.6. The topological polar surface area (TPSA) is 70.6 Å². The molecule has 0 aromatic carbocycles. The smallest absolute Gasteiger partial charge is 0.246 e. The van der Waals surface area contributed by atoms with E-state index in [1.165, 1.54) is 34.5 Å². The lowest BCUT2D eigenvalue weighted by Gasteiger charge is -2.31. The van der Waals surface area contributed by atoms with Crippen LogP contribution in [0.25, 0.3) is 0 Å². The van der Waals surface area contributed by atoms with E-state index in [-0.39, 0.29) is 10.8 Å². The molecule has 3 rings (SSSR count). The Bertz CT molecular complexity index is 632. The first-order valence-corrected chi connectivity index (χ1v) is 10.7. The highest BCUT2D eigenvalue weighted by molar-refractivity contribution is 8.00. The normalized spacial score (nSPS) is 23.6. The molecular formula is C13H17N3O3S3. The van der Waals surface area contributed by atoms with E-state index in [2.05, 4.69) is 4.98 Å². The van der Waals surface area contributed by atoms with Crippen LogP contribution in [0.3, 0.4) is 0 Å². The Morgan fingerprint density at radius 3 is 2.73 bits per heavy atom. The second-order valence-corrected chi connectivity index (χ2v) is 9.15. The number of carbonyl (C=O) groups is 1. The lowest BCUT2D eigenvalue weighted by atomic mass is 10.3. The van der Waals surface area contributed by atoms with Crippen LogP contribution < -0.4 is 0 Å². The molecule has 0 radical (unpaired) electrons. The number of sulfonamides is 1. The van der Waals surface area contributed by atoms with Gasteiger partial charge in [0.05, 0.1) is 5.88 Å². The molecule has 1 aromatic heterocycles. The Hall–Kier alpha value is -0.770. The molecule has 0 N–H and O–H groups in total. The number of hydrogen-bond acceptors (Lipinski definition) is 6. The maximum absolute atomic E-state index is 12.7. The van der Waals surface area contributed by atoms with E-state index in [1.807, 2.05) is 11.8 Å². The summed E-state index contributed by atoms with van der Waals surface area (Å²) in [6, 6.07) is 2.51. The van der Waals surface area contributed by atoms with Crippen molar-refractivity contribution in [3.8, 4) is 0 Å². The van der Waals surface area contributed by atoms with Crippen molar-refractivity contribution in [3.05, 3.63) is 24.5 Å². The minimum Gasteiger partial charge on any atom is -0.340 e. The molecule has 1 unspecified atom stereocenters. The zero-order chi connectivity index (χ0) is 15.6. The van der Waals surface area contributed by atoms with E-state index in [0.29, 0.717) is 24.7 Å². The van der Waals surface area contributed by atoms with Gasteiger partial charge in [0, 0.05) is 42.7 Å². The van der Waals surface area contributed by atoms with Crippen LogP contribution in [-0.2, 0) is 14.8 Å². The van der Waals surface area contributed by atoms with Gasteiger partial charge in [0.15, 0.2) is 0 Å². The standard InChI is InChI=1S/C13H17N3O3S3/c17-13(15-4-6-20-7-5-15)12-9-21-10-16(12)22(18,19)11-2-1-3-14-8-11/h1-3,8,12H,4-7,9-10H2. The number of aromatic nitrogens is 1. The van der Waals surface area contributed by atoms with Gasteiger partial charge in [0.25, 0.3) is 0 Å². The highest BCUT2D eigenvalue weighted by Gasteiger charge is 2.41.